The summed E-state index contributed by atoms with van der Waals surface area (Å²) in [5, 5.41) is 14.2. The summed E-state index contributed by atoms with van der Waals surface area (Å²) < 4.78 is 43.1. The summed E-state index contributed by atoms with van der Waals surface area (Å²) in [7, 11) is 0. The third kappa shape index (κ3) is 6.86. The van der Waals surface area contributed by atoms with Gasteiger partial charge in [0.15, 0.2) is 0 Å². The van der Waals surface area contributed by atoms with E-state index in [2.05, 4.69) is 15.4 Å². The van der Waals surface area contributed by atoms with Crippen LogP contribution in [0.3, 0.4) is 0 Å². The monoisotopic (exact) mass is 348 g/mol. The zero-order valence-corrected chi connectivity index (χ0v) is 13.4. The van der Waals surface area contributed by atoms with Gasteiger partial charge in [-0.1, -0.05) is 12.1 Å². The standard InChI is InChI=1S/C15H19F3N2O4/c1-9(21)19-8-12(20-13(22)24-14(2,3)23)10-5-4-6-11(7-10)15(16,17)18/h4-7,12,23H,8H2,1-3H3,(H,19,21)(H,20,22). The van der Waals surface area contributed by atoms with Crippen LogP contribution in [0.2, 0.25) is 0 Å². The largest absolute Gasteiger partial charge is 0.418 e. The lowest BCUT2D eigenvalue weighted by atomic mass is 10.0. The van der Waals surface area contributed by atoms with Gasteiger partial charge in [-0.25, -0.2) is 4.79 Å². The molecule has 0 bridgehead atoms. The molecule has 0 aliphatic heterocycles. The predicted molar refractivity (Wildman–Crippen MR) is 78.8 cm³/mol. The molecule has 0 aliphatic carbocycles. The highest BCUT2D eigenvalue weighted by atomic mass is 19.4. The molecule has 0 saturated heterocycles. The average Bonchev–Trinajstić information content (AvgIpc) is 2.40. The van der Waals surface area contributed by atoms with Crippen molar-refractivity contribution in [3.8, 4) is 0 Å². The molecule has 9 heteroatoms. The highest BCUT2D eigenvalue weighted by Crippen LogP contribution is 2.30. The fourth-order valence-electron chi connectivity index (χ4n) is 1.83. The van der Waals surface area contributed by atoms with Crippen molar-refractivity contribution in [2.75, 3.05) is 6.54 Å². The lowest BCUT2D eigenvalue weighted by Gasteiger charge is -2.23. The summed E-state index contributed by atoms with van der Waals surface area (Å²) in [4.78, 5) is 22.8. The zero-order chi connectivity index (χ0) is 18.5. The van der Waals surface area contributed by atoms with E-state index < -0.39 is 35.6 Å². The Balaban J connectivity index is 3.01. The predicted octanol–water partition coefficient (Wildman–Crippen LogP) is 2.34. The Morgan fingerprint density at radius 1 is 1.29 bits per heavy atom. The van der Waals surface area contributed by atoms with Gasteiger partial charge in [0.2, 0.25) is 11.7 Å². The number of nitrogens with one attached hydrogen (secondary N) is 2. The number of alkyl carbamates (subject to hydrolysis) is 1. The van der Waals surface area contributed by atoms with Crippen molar-refractivity contribution >= 4 is 12.0 Å². The van der Waals surface area contributed by atoms with E-state index in [1.807, 2.05) is 0 Å². The van der Waals surface area contributed by atoms with Crippen LogP contribution in [0.15, 0.2) is 24.3 Å². The maximum atomic E-state index is 12.8. The third-order valence-corrected chi connectivity index (χ3v) is 2.81. The summed E-state index contributed by atoms with van der Waals surface area (Å²) >= 11 is 0. The van der Waals surface area contributed by atoms with E-state index in [0.717, 1.165) is 12.1 Å². The van der Waals surface area contributed by atoms with Gasteiger partial charge in [-0.3, -0.25) is 4.79 Å². The second-order valence-corrected chi connectivity index (χ2v) is 5.59. The van der Waals surface area contributed by atoms with Crippen LogP contribution in [0.25, 0.3) is 0 Å². The lowest BCUT2D eigenvalue weighted by Crippen LogP contribution is -2.40. The highest BCUT2D eigenvalue weighted by molar-refractivity contribution is 5.73. The van der Waals surface area contributed by atoms with Gasteiger partial charge < -0.3 is 20.5 Å². The Bertz CT molecular complexity index is 597. The van der Waals surface area contributed by atoms with E-state index in [-0.39, 0.29) is 12.1 Å². The summed E-state index contributed by atoms with van der Waals surface area (Å²) in [6.45, 7) is 3.54. The average molecular weight is 348 g/mol. The highest BCUT2D eigenvalue weighted by Gasteiger charge is 2.31. The van der Waals surface area contributed by atoms with E-state index in [1.165, 1.54) is 32.9 Å². The molecule has 3 N–H and O–H groups in total. The van der Waals surface area contributed by atoms with Crippen molar-refractivity contribution in [3.05, 3.63) is 35.4 Å². The molecule has 1 aromatic rings. The van der Waals surface area contributed by atoms with Gasteiger partial charge in [-0.15, -0.1) is 0 Å². The third-order valence-electron chi connectivity index (χ3n) is 2.81. The summed E-state index contributed by atoms with van der Waals surface area (Å²) in [5.74, 6) is -2.17. The van der Waals surface area contributed by atoms with Crippen LogP contribution in [-0.4, -0.2) is 29.4 Å². The second kappa shape index (κ2) is 7.52. The van der Waals surface area contributed by atoms with Crippen molar-refractivity contribution in [3.63, 3.8) is 0 Å². The zero-order valence-electron chi connectivity index (χ0n) is 13.4. The first kappa shape index (κ1) is 19.8. The van der Waals surface area contributed by atoms with Crippen LogP contribution >= 0.6 is 0 Å². The van der Waals surface area contributed by atoms with Gasteiger partial charge in [-0.05, 0) is 17.7 Å². The Morgan fingerprint density at radius 2 is 1.92 bits per heavy atom. The van der Waals surface area contributed by atoms with Crippen LogP contribution in [-0.2, 0) is 15.7 Å². The van der Waals surface area contributed by atoms with E-state index in [9.17, 15) is 27.9 Å². The number of ether oxygens (including phenoxy) is 1. The van der Waals surface area contributed by atoms with E-state index >= 15 is 0 Å². The smallest absolute Gasteiger partial charge is 0.416 e. The number of hydrogen-bond donors (Lipinski definition) is 3. The Kier molecular flexibility index (Phi) is 6.19. The quantitative estimate of drug-likeness (QED) is 0.713. The van der Waals surface area contributed by atoms with Crippen molar-refractivity contribution in [1.82, 2.24) is 10.6 Å². The number of benzene rings is 1. The van der Waals surface area contributed by atoms with Crippen LogP contribution < -0.4 is 10.6 Å². The number of halogens is 3. The van der Waals surface area contributed by atoms with Crippen molar-refractivity contribution < 1.29 is 32.6 Å². The van der Waals surface area contributed by atoms with Crippen molar-refractivity contribution in [2.24, 2.45) is 0 Å². The number of carbonyl (C=O) groups is 2. The van der Waals surface area contributed by atoms with E-state index in [1.54, 1.807) is 0 Å². The minimum atomic E-state index is -4.54. The molecule has 134 valence electrons. The lowest BCUT2D eigenvalue weighted by molar-refractivity contribution is -0.137. The first-order valence-corrected chi connectivity index (χ1v) is 7.02. The van der Waals surface area contributed by atoms with Gasteiger partial charge in [0.25, 0.3) is 0 Å². The van der Waals surface area contributed by atoms with Gasteiger partial charge in [0.1, 0.15) is 0 Å². The number of carbonyl (C=O) groups excluding carboxylic acids is 2. The number of amides is 2. The minimum Gasteiger partial charge on any atom is -0.418 e. The molecule has 24 heavy (non-hydrogen) atoms. The molecule has 0 heterocycles. The fourth-order valence-corrected chi connectivity index (χ4v) is 1.83. The first-order chi connectivity index (χ1) is 10.9. The van der Waals surface area contributed by atoms with Crippen LogP contribution in [0.1, 0.15) is 37.9 Å². The van der Waals surface area contributed by atoms with Gasteiger partial charge >= 0.3 is 12.3 Å². The second-order valence-electron chi connectivity index (χ2n) is 5.59. The molecule has 1 aromatic carbocycles. The SMILES string of the molecule is CC(=O)NCC(NC(=O)OC(C)(C)O)c1cccc(C(F)(F)F)c1. The van der Waals surface area contributed by atoms with Gasteiger partial charge in [0, 0.05) is 27.3 Å². The molecule has 0 radical (unpaired) electrons. The topological polar surface area (TPSA) is 87.7 Å². The summed E-state index contributed by atoms with van der Waals surface area (Å²) in [6, 6.07) is 3.38. The molecule has 0 aliphatic rings. The van der Waals surface area contributed by atoms with Crippen molar-refractivity contribution in [2.45, 2.75) is 38.8 Å². The number of aliphatic hydroxyl groups is 1. The number of rotatable bonds is 5. The molecular weight excluding hydrogens is 329 g/mol. The molecule has 6 nitrogen and oxygen atoms in total. The fraction of sp³-hybridized carbons (Fsp3) is 0.467. The maximum absolute atomic E-state index is 12.8. The van der Waals surface area contributed by atoms with Crippen molar-refractivity contribution in [1.29, 1.82) is 0 Å². The van der Waals surface area contributed by atoms with Crippen LogP contribution in [0, 0.1) is 0 Å². The maximum Gasteiger partial charge on any atom is 0.416 e. The molecule has 1 rings (SSSR count). The Morgan fingerprint density at radius 3 is 2.42 bits per heavy atom. The molecule has 0 aromatic heterocycles. The number of alkyl halides is 3. The van der Waals surface area contributed by atoms with Crippen LogP contribution in [0.5, 0.6) is 0 Å². The van der Waals surface area contributed by atoms with Gasteiger partial charge in [0.05, 0.1) is 11.6 Å². The Hall–Kier alpha value is -2.29. The molecule has 0 spiro atoms. The molecule has 2 amide bonds. The summed E-state index contributed by atoms with van der Waals surface area (Å²) in [5.41, 5.74) is -0.753. The number of hydrogen-bond acceptors (Lipinski definition) is 4. The normalized spacial score (nSPS) is 13.1. The Labute approximate surface area is 137 Å². The molecule has 0 saturated carbocycles. The van der Waals surface area contributed by atoms with Gasteiger partial charge in [-0.2, -0.15) is 13.2 Å². The minimum absolute atomic E-state index is 0.131. The molecule has 1 atom stereocenters. The van der Waals surface area contributed by atoms with Crippen LogP contribution in [0.4, 0.5) is 18.0 Å². The van der Waals surface area contributed by atoms with E-state index in [0.29, 0.717) is 0 Å². The first-order valence-electron chi connectivity index (χ1n) is 7.02. The van der Waals surface area contributed by atoms with E-state index in [4.69, 9.17) is 0 Å². The molecule has 0 fully saturated rings. The summed E-state index contributed by atoms with van der Waals surface area (Å²) in [6.07, 6.45) is -5.57. The molecule has 1 unspecified atom stereocenters. The molecular formula is C15H19F3N2O4.